The lowest BCUT2D eigenvalue weighted by atomic mass is 9.94. The van der Waals surface area contributed by atoms with E-state index in [9.17, 15) is 0 Å². The fraction of sp³-hybridized carbons (Fsp3) is 0.667. The highest BCUT2D eigenvalue weighted by Gasteiger charge is 2.24. The second-order valence-electron chi connectivity index (χ2n) is 6.66. The van der Waals surface area contributed by atoms with Crippen molar-refractivity contribution < 1.29 is 0 Å². The van der Waals surface area contributed by atoms with Gasteiger partial charge in [0.1, 0.15) is 0 Å². The molecule has 1 aliphatic rings. The number of hydrogen-bond acceptors (Lipinski definition) is 3. The van der Waals surface area contributed by atoms with E-state index in [1.807, 2.05) is 0 Å². The van der Waals surface area contributed by atoms with Gasteiger partial charge in [-0.2, -0.15) is 0 Å². The molecule has 0 aliphatic carbocycles. The Balaban J connectivity index is 2.04. The Labute approximate surface area is 130 Å². The summed E-state index contributed by atoms with van der Waals surface area (Å²) in [6.45, 7) is 16.6. The van der Waals surface area contributed by atoms with Crippen molar-refractivity contribution in [3.63, 3.8) is 0 Å². The van der Waals surface area contributed by atoms with Crippen molar-refractivity contribution in [3.8, 4) is 0 Å². The van der Waals surface area contributed by atoms with Gasteiger partial charge in [0.15, 0.2) is 0 Å². The van der Waals surface area contributed by atoms with E-state index in [2.05, 4.69) is 56.6 Å². The van der Waals surface area contributed by atoms with Crippen LogP contribution in [-0.2, 0) is 0 Å². The van der Waals surface area contributed by atoms with Gasteiger partial charge < -0.3 is 5.73 Å². The first-order valence-electron chi connectivity index (χ1n) is 8.22. The standard InChI is InChI=1S/C18H31N3/c1-6-21-8-7-20(11-16(21)5)12-17(19)18-14(3)9-13(2)10-15(18)4/h9-10,16-17H,6-8,11-12,19H2,1-5H3. The van der Waals surface area contributed by atoms with Crippen molar-refractivity contribution in [3.05, 3.63) is 34.4 Å². The van der Waals surface area contributed by atoms with Gasteiger partial charge in [0.05, 0.1) is 0 Å². The Kier molecular flexibility index (Phi) is 5.42. The largest absolute Gasteiger partial charge is 0.323 e. The number of nitrogens with zero attached hydrogens (tertiary/aromatic N) is 2. The number of hydrogen-bond donors (Lipinski definition) is 1. The van der Waals surface area contributed by atoms with Crippen LogP contribution in [0.5, 0.6) is 0 Å². The van der Waals surface area contributed by atoms with Gasteiger partial charge in [0.25, 0.3) is 0 Å². The number of piperazine rings is 1. The van der Waals surface area contributed by atoms with Gasteiger partial charge >= 0.3 is 0 Å². The van der Waals surface area contributed by atoms with Crippen LogP contribution in [0.4, 0.5) is 0 Å². The Morgan fingerprint density at radius 2 is 1.81 bits per heavy atom. The van der Waals surface area contributed by atoms with Crippen LogP contribution in [0.3, 0.4) is 0 Å². The first kappa shape index (κ1) is 16.5. The maximum Gasteiger partial charge on any atom is 0.0429 e. The number of rotatable bonds is 4. The predicted octanol–water partition coefficient (Wildman–Crippen LogP) is 2.64. The van der Waals surface area contributed by atoms with E-state index in [1.54, 1.807) is 0 Å². The number of aryl methyl sites for hydroxylation is 3. The third-order valence-electron chi connectivity index (χ3n) is 4.82. The first-order valence-corrected chi connectivity index (χ1v) is 8.22. The van der Waals surface area contributed by atoms with Crippen molar-refractivity contribution in [2.75, 3.05) is 32.7 Å². The Bertz CT molecular complexity index is 460. The van der Waals surface area contributed by atoms with E-state index < -0.39 is 0 Å². The molecule has 0 amide bonds. The van der Waals surface area contributed by atoms with Crippen molar-refractivity contribution >= 4 is 0 Å². The zero-order valence-corrected chi connectivity index (χ0v) is 14.3. The normalized spacial score (nSPS) is 22.5. The van der Waals surface area contributed by atoms with E-state index in [1.165, 1.54) is 22.3 Å². The average molecular weight is 289 g/mol. The summed E-state index contributed by atoms with van der Waals surface area (Å²) in [6, 6.07) is 5.25. The topological polar surface area (TPSA) is 32.5 Å². The number of nitrogens with two attached hydrogens (primary N) is 1. The van der Waals surface area contributed by atoms with Crippen LogP contribution in [0.15, 0.2) is 12.1 Å². The third-order valence-corrected chi connectivity index (χ3v) is 4.82. The van der Waals surface area contributed by atoms with Gasteiger partial charge in [-0.25, -0.2) is 0 Å². The van der Waals surface area contributed by atoms with Crippen LogP contribution in [0.1, 0.15) is 42.1 Å². The lowest BCUT2D eigenvalue weighted by molar-refractivity contribution is 0.0841. The maximum atomic E-state index is 6.53. The van der Waals surface area contributed by atoms with Gasteiger partial charge in [0, 0.05) is 38.3 Å². The highest BCUT2D eigenvalue weighted by Crippen LogP contribution is 2.23. The summed E-state index contributed by atoms with van der Waals surface area (Å²) in [5.74, 6) is 0. The van der Waals surface area contributed by atoms with Crippen molar-refractivity contribution in [1.29, 1.82) is 0 Å². The summed E-state index contributed by atoms with van der Waals surface area (Å²) in [5, 5.41) is 0. The van der Waals surface area contributed by atoms with E-state index >= 15 is 0 Å². The molecule has 2 N–H and O–H groups in total. The predicted molar refractivity (Wildman–Crippen MR) is 90.7 cm³/mol. The highest BCUT2D eigenvalue weighted by atomic mass is 15.3. The average Bonchev–Trinajstić information content (AvgIpc) is 2.37. The zero-order valence-electron chi connectivity index (χ0n) is 14.3. The van der Waals surface area contributed by atoms with Gasteiger partial charge in [-0.3, -0.25) is 9.80 Å². The highest BCUT2D eigenvalue weighted by molar-refractivity contribution is 5.39. The van der Waals surface area contributed by atoms with E-state index in [0.717, 1.165) is 32.7 Å². The van der Waals surface area contributed by atoms with Gasteiger partial charge in [-0.1, -0.05) is 24.6 Å². The zero-order chi connectivity index (χ0) is 15.6. The van der Waals surface area contributed by atoms with Crippen LogP contribution in [0, 0.1) is 20.8 Å². The monoisotopic (exact) mass is 289 g/mol. The molecule has 2 unspecified atom stereocenters. The molecule has 3 nitrogen and oxygen atoms in total. The molecular formula is C18H31N3. The molecule has 0 radical (unpaired) electrons. The lowest BCUT2D eigenvalue weighted by Crippen LogP contribution is -2.52. The molecular weight excluding hydrogens is 258 g/mol. The summed E-state index contributed by atoms with van der Waals surface area (Å²) in [6.07, 6.45) is 0. The molecule has 0 aromatic heterocycles. The van der Waals surface area contributed by atoms with Crippen molar-refractivity contribution in [1.82, 2.24) is 9.80 Å². The fourth-order valence-corrected chi connectivity index (χ4v) is 3.85. The Morgan fingerprint density at radius 1 is 1.19 bits per heavy atom. The molecule has 0 spiro atoms. The molecule has 2 atom stereocenters. The smallest absolute Gasteiger partial charge is 0.0429 e. The SMILES string of the molecule is CCN1CCN(CC(N)c2c(C)cc(C)cc2C)CC1C. The minimum absolute atomic E-state index is 0.117. The first-order chi connectivity index (χ1) is 9.92. The van der Waals surface area contributed by atoms with E-state index in [4.69, 9.17) is 5.73 Å². The second kappa shape index (κ2) is 6.91. The Hall–Kier alpha value is -0.900. The summed E-state index contributed by atoms with van der Waals surface area (Å²) in [7, 11) is 0. The molecule has 3 heteroatoms. The Morgan fingerprint density at radius 3 is 2.33 bits per heavy atom. The molecule has 2 rings (SSSR count). The van der Waals surface area contributed by atoms with Crippen molar-refractivity contribution in [2.45, 2.75) is 46.7 Å². The molecule has 1 heterocycles. The quantitative estimate of drug-likeness (QED) is 0.925. The third kappa shape index (κ3) is 3.85. The van der Waals surface area contributed by atoms with Crippen LogP contribution in [0.2, 0.25) is 0 Å². The molecule has 21 heavy (non-hydrogen) atoms. The van der Waals surface area contributed by atoms with E-state index in [-0.39, 0.29) is 6.04 Å². The summed E-state index contributed by atoms with van der Waals surface area (Å²) >= 11 is 0. The van der Waals surface area contributed by atoms with Gasteiger partial charge in [0.2, 0.25) is 0 Å². The molecule has 1 fully saturated rings. The van der Waals surface area contributed by atoms with E-state index in [0.29, 0.717) is 6.04 Å². The van der Waals surface area contributed by atoms with Crippen LogP contribution in [-0.4, -0.2) is 48.6 Å². The van der Waals surface area contributed by atoms with Crippen LogP contribution < -0.4 is 5.73 Å². The van der Waals surface area contributed by atoms with Gasteiger partial charge in [-0.15, -0.1) is 0 Å². The maximum absolute atomic E-state index is 6.53. The number of likely N-dealkylation sites (N-methyl/N-ethyl adjacent to an activating group) is 1. The van der Waals surface area contributed by atoms with Crippen molar-refractivity contribution in [2.24, 2.45) is 5.73 Å². The molecule has 1 aromatic rings. The molecule has 1 saturated heterocycles. The summed E-state index contributed by atoms with van der Waals surface area (Å²) in [4.78, 5) is 5.07. The molecule has 0 saturated carbocycles. The van der Waals surface area contributed by atoms with Gasteiger partial charge in [-0.05, 0) is 50.9 Å². The molecule has 0 bridgehead atoms. The fourth-order valence-electron chi connectivity index (χ4n) is 3.85. The molecule has 1 aromatic carbocycles. The summed E-state index contributed by atoms with van der Waals surface area (Å²) in [5.41, 5.74) is 11.9. The minimum atomic E-state index is 0.117. The number of benzene rings is 1. The van der Waals surface area contributed by atoms with Crippen LogP contribution in [0.25, 0.3) is 0 Å². The minimum Gasteiger partial charge on any atom is -0.323 e. The molecule has 118 valence electrons. The molecule has 1 aliphatic heterocycles. The lowest BCUT2D eigenvalue weighted by Gasteiger charge is -2.40. The van der Waals surface area contributed by atoms with Crippen LogP contribution >= 0.6 is 0 Å². The summed E-state index contributed by atoms with van der Waals surface area (Å²) < 4.78 is 0. The second-order valence-corrected chi connectivity index (χ2v) is 6.66.